The SMILES string of the molecule is Cc1ncsc1CN(Cc1ccccc1)C(=O)C1CCC(N)C1. The van der Waals surface area contributed by atoms with Gasteiger partial charge < -0.3 is 10.6 Å². The van der Waals surface area contributed by atoms with Gasteiger partial charge in [-0.1, -0.05) is 30.3 Å². The summed E-state index contributed by atoms with van der Waals surface area (Å²) in [5, 5.41) is 0. The van der Waals surface area contributed by atoms with Gasteiger partial charge in [0, 0.05) is 23.4 Å². The number of carbonyl (C=O) groups excluding carboxylic acids is 1. The Hall–Kier alpha value is -1.72. The van der Waals surface area contributed by atoms with Crippen LogP contribution in [0.15, 0.2) is 35.8 Å². The molecule has 2 N–H and O–H groups in total. The molecule has 23 heavy (non-hydrogen) atoms. The van der Waals surface area contributed by atoms with Crippen LogP contribution in [-0.4, -0.2) is 21.8 Å². The van der Waals surface area contributed by atoms with Crippen molar-refractivity contribution < 1.29 is 4.79 Å². The molecule has 1 saturated carbocycles. The van der Waals surface area contributed by atoms with Gasteiger partial charge in [-0.2, -0.15) is 0 Å². The minimum absolute atomic E-state index is 0.0712. The summed E-state index contributed by atoms with van der Waals surface area (Å²) in [6.45, 7) is 3.28. The lowest BCUT2D eigenvalue weighted by atomic mass is 10.1. The topological polar surface area (TPSA) is 59.2 Å². The van der Waals surface area contributed by atoms with Crippen LogP contribution in [0.5, 0.6) is 0 Å². The fourth-order valence-corrected chi connectivity index (χ4v) is 3.96. The smallest absolute Gasteiger partial charge is 0.226 e. The van der Waals surface area contributed by atoms with E-state index in [1.54, 1.807) is 11.3 Å². The van der Waals surface area contributed by atoms with Crippen LogP contribution in [0.2, 0.25) is 0 Å². The Kier molecular flexibility index (Phi) is 5.08. The molecule has 1 aromatic heterocycles. The molecular weight excluding hydrogens is 306 g/mol. The molecule has 1 amide bonds. The summed E-state index contributed by atoms with van der Waals surface area (Å²) in [5.41, 5.74) is 10.0. The van der Waals surface area contributed by atoms with Gasteiger partial charge >= 0.3 is 0 Å². The minimum atomic E-state index is 0.0712. The van der Waals surface area contributed by atoms with Gasteiger partial charge in [0.15, 0.2) is 0 Å². The average molecular weight is 329 g/mol. The standard InChI is InChI=1S/C18H23N3OS/c1-13-17(23-12-20-13)11-21(10-14-5-3-2-4-6-14)18(22)15-7-8-16(19)9-15/h2-6,12,15-16H,7-11,19H2,1H3. The second kappa shape index (κ2) is 7.23. The van der Waals surface area contributed by atoms with Crippen LogP contribution < -0.4 is 5.73 Å². The average Bonchev–Trinajstić information content (AvgIpc) is 3.16. The van der Waals surface area contributed by atoms with E-state index in [1.807, 2.05) is 35.5 Å². The van der Waals surface area contributed by atoms with E-state index in [4.69, 9.17) is 5.73 Å². The van der Waals surface area contributed by atoms with Crippen molar-refractivity contribution >= 4 is 17.2 Å². The molecule has 0 spiro atoms. The van der Waals surface area contributed by atoms with Crippen molar-refractivity contribution in [2.75, 3.05) is 0 Å². The largest absolute Gasteiger partial charge is 0.333 e. The molecule has 122 valence electrons. The van der Waals surface area contributed by atoms with Gasteiger partial charge in [0.1, 0.15) is 0 Å². The van der Waals surface area contributed by atoms with Gasteiger partial charge in [0.05, 0.1) is 17.7 Å². The van der Waals surface area contributed by atoms with Gasteiger partial charge in [-0.3, -0.25) is 4.79 Å². The van der Waals surface area contributed by atoms with E-state index in [0.29, 0.717) is 13.1 Å². The van der Waals surface area contributed by atoms with E-state index in [-0.39, 0.29) is 17.9 Å². The highest BCUT2D eigenvalue weighted by Gasteiger charge is 2.31. The van der Waals surface area contributed by atoms with Crippen molar-refractivity contribution in [3.8, 4) is 0 Å². The zero-order valence-electron chi connectivity index (χ0n) is 13.4. The molecule has 2 aromatic rings. The molecule has 4 nitrogen and oxygen atoms in total. The van der Waals surface area contributed by atoms with E-state index < -0.39 is 0 Å². The van der Waals surface area contributed by atoms with Crippen LogP contribution in [-0.2, 0) is 17.9 Å². The Morgan fingerprint density at radius 1 is 1.30 bits per heavy atom. The number of carbonyl (C=O) groups is 1. The van der Waals surface area contributed by atoms with Crippen molar-refractivity contribution in [1.82, 2.24) is 9.88 Å². The Balaban J connectivity index is 1.77. The lowest BCUT2D eigenvalue weighted by Gasteiger charge is -2.25. The summed E-state index contributed by atoms with van der Waals surface area (Å²) in [5.74, 6) is 0.302. The molecular formula is C18H23N3OS. The van der Waals surface area contributed by atoms with E-state index in [1.165, 1.54) is 0 Å². The third-order valence-electron chi connectivity index (χ3n) is 4.53. The van der Waals surface area contributed by atoms with Crippen molar-refractivity contribution in [2.45, 2.75) is 45.3 Å². The zero-order chi connectivity index (χ0) is 16.2. The van der Waals surface area contributed by atoms with Gasteiger partial charge in [0.2, 0.25) is 5.91 Å². The molecule has 0 bridgehead atoms. The van der Waals surface area contributed by atoms with Gasteiger partial charge in [-0.25, -0.2) is 4.98 Å². The summed E-state index contributed by atoms with van der Waals surface area (Å²) in [4.78, 5) is 20.4. The molecule has 3 rings (SSSR count). The number of benzene rings is 1. The Morgan fingerprint density at radius 3 is 2.70 bits per heavy atom. The number of nitrogens with zero attached hydrogens (tertiary/aromatic N) is 2. The van der Waals surface area contributed by atoms with Crippen LogP contribution in [0.1, 0.15) is 35.4 Å². The third-order valence-corrected chi connectivity index (χ3v) is 5.45. The van der Waals surface area contributed by atoms with Crippen molar-refractivity contribution in [3.63, 3.8) is 0 Å². The summed E-state index contributed by atoms with van der Waals surface area (Å²) in [6, 6.07) is 10.3. The van der Waals surface area contributed by atoms with Crippen LogP contribution >= 0.6 is 11.3 Å². The Bertz CT molecular complexity index is 655. The number of aromatic nitrogens is 1. The summed E-state index contributed by atoms with van der Waals surface area (Å²) >= 11 is 1.62. The number of rotatable bonds is 5. The molecule has 2 atom stereocenters. The van der Waals surface area contributed by atoms with Crippen LogP contribution in [0.4, 0.5) is 0 Å². The van der Waals surface area contributed by atoms with Crippen LogP contribution in [0, 0.1) is 12.8 Å². The molecule has 1 aliphatic carbocycles. The number of thiazole rings is 1. The lowest BCUT2D eigenvalue weighted by molar-refractivity contribution is -0.136. The quantitative estimate of drug-likeness (QED) is 0.917. The first-order valence-electron chi connectivity index (χ1n) is 8.10. The first kappa shape index (κ1) is 16.1. The normalized spacial score (nSPS) is 20.6. The lowest BCUT2D eigenvalue weighted by Crippen LogP contribution is -2.35. The Morgan fingerprint density at radius 2 is 2.09 bits per heavy atom. The molecule has 1 heterocycles. The zero-order valence-corrected chi connectivity index (χ0v) is 14.3. The van der Waals surface area contributed by atoms with Crippen LogP contribution in [0.3, 0.4) is 0 Å². The molecule has 1 fully saturated rings. The number of amides is 1. The maximum atomic E-state index is 13.0. The molecule has 2 unspecified atom stereocenters. The van der Waals surface area contributed by atoms with E-state index >= 15 is 0 Å². The highest BCUT2D eigenvalue weighted by atomic mass is 32.1. The van der Waals surface area contributed by atoms with Crippen molar-refractivity contribution in [1.29, 1.82) is 0 Å². The monoisotopic (exact) mass is 329 g/mol. The third kappa shape index (κ3) is 3.98. The molecule has 0 aliphatic heterocycles. The van der Waals surface area contributed by atoms with Gasteiger partial charge in [-0.15, -0.1) is 11.3 Å². The summed E-state index contributed by atoms with van der Waals surface area (Å²) in [6.07, 6.45) is 2.67. The maximum Gasteiger partial charge on any atom is 0.226 e. The first-order valence-corrected chi connectivity index (χ1v) is 8.98. The molecule has 0 radical (unpaired) electrons. The molecule has 1 aromatic carbocycles. The fourth-order valence-electron chi connectivity index (χ4n) is 3.17. The van der Waals surface area contributed by atoms with E-state index in [0.717, 1.165) is 35.4 Å². The Labute approximate surface area is 141 Å². The number of nitrogens with two attached hydrogens (primary N) is 1. The number of hydrogen-bond acceptors (Lipinski definition) is 4. The fraction of sp³-hybridized carbons (Fsp3) is 0.444. The summed E-state index contributed by atoms with van der Waals surface area (Å²) in [7, 11) is 0. The van der Waals surface area contributed by atoms with Gasteiger partial charge in [0.25, 0.3) is 0 Å². The molecule has 0 saturated heterocycles. The molecule has 5 heteroatoms. The predicted octanol–water partition coefficient (Wildman–Crippen LogP) is 3.11. The highest BCUT2D eigenvalue weighted by molar-refractivity contribution is 7.09. The van der Waals surface area contributed by atoms with E-state index in [2.05, 4.69) is 17.1 Å². The molecule has 1 aliphatic rings. The van der Waals surface area contributed by atoms with E-state index in [9.17, 15) is 4.79 Å². The van der Waals surface area contributed by atoms with Crippen molar-refractivity contribution in [2.24, 2.45) is 11.7 Å². The highest BCUT2D eigenvalue weighted by Crippen LogP contribution is 2.28. The van der Waals surface area contributed by atoms with Gasteiger partial charge in [-0.05, 0) is 31.7 Å². The number of hydrogen-bond donors (Lipinski definition) is 1. The second-order valence-corrected chi connectivity index (χ2v) is 7.25. The number of aryl methyl sites for hydroxylation is 1. The summed E-state index contributed by atoms with van der Waals surface area (Å²) < 4.78 is 0. The minimum Gasteiger partial charge on any atom is -0.333 e. The predicted molar refractivity (Wildman–Crippen MR) is 92.9 cm³/mol. The first-order chi connectivity index (χ1) is 11.1. The second-order valence-electron chi connectivity index (χ2n) is 6.31. The van der Waals surface area contributed by atoms with Crippen molar-refractivity contribution in [3.05, 3.63) is 52.0 Å². The maximum absolute atomic E-state index is 13.0. The van der Waals surface area contributed by atoms with Crippen LogP contribution in [0.25, 0.3) is 0 Å².